The molecule has 0 atom stereocenters. The van der Waals surface area contributed by atoms with Gasteiger partial charge in [-0.05, 0) is 30.7 Å². The molecule has 36 heavy (non-hydrogen) atoms. The molecule has 0 aliphatic carbocycles. The Hall–Kier alpha value is -4.80. The summed E-state index contributed by atoms with van der Waals surface area (Å²) in [5.74, 6) is 2.47. The van der Waals surface area contributed by atoms with Crippen LogP contribution in [-0.2, 0) is 11.3 Å². The summed E-state index contributed by atoms with van der Waals surface area (Å²) < 4.78 is 12.0. The third-order valence-electron chi connectivity index (χ3n) is 5.98. The van der Waals surface area contributed by atoms with E-state index in [4.69, 9.17) is 9.26 Å². The fourth-order valence-electron chi connectivity index (χ4n) is 4.21. The van der Waals surface area contributed by atoms with Gasteiger partial charge in [-0.2, -0.15) is 9.71 Å². The monoisotopic (exact) mass is 483 g/mol. The molecule has 0 saturated carbocycles. The van der Waals surface area contributed by atoms with Gasteiger partial charge in [-0.25, -0.2) is 9.97 Å². The van der Waals surface area contributed by atoms with Gasteiger partial charge in [0.25, 0.3) is 5.69 Å². The summed E-state index contributed by atoms with van der Waals surface area (Å²) in [4.78, 5) is 30.5. The minimum Gasteiger partial charge on any atom is -0.618 e. The second kappa shape index (κ2) is 8.77. The van der Waals surface area contributed by atoms with E-state index in [1.807, 2.05) is 11.0 Å². The number of carbonyl (C=O) groups excluding carboxylic acids is 1. The first kappa shape index (κ1) is 21.7. The summed E-state index contributed by atoms with van der Waals surface area (Å²) >= 11 is 0. The summed E-state index contributed by atoms with van der Waals surface area (Å²) in [6.07, 6.45) is 4.39. The molecular weight excluding hydrogens is 462 g/mol. The Morgan fingerprint density at radius 3 is 2.86 bits per heavy atom. The smallest absolute Gasteiger partial charge is 0.259 e. The standard InChI is InChI=1S/C25H21N7O4/c1-15-27-24(30-36-15)18-8-7-17(13-26-18)35-22-12-20-19(11-16(22)14-31-9-4-6-23(31)33)28-25(29-20)21-5-2-3-10-32(21)34/h2-3,5,7-8,10-13H,4,6,9,14H2,1H3,(H,28,29). The van der Waals surface area contributed by atoms with Crippen LogP contribution >= 0.6 is 0 Å². The molecule has 5 aromatic rings. The Labute approximate surface area is 205 Å². The lowest BCUT2D eigenvalue weighted by Gasteiger charge is -2.18. The van der Waals surface area contributed by atoms with E-state index in [9.17, 15) is 10.0 Å². The van der Waals surface area contributed by atoms with Crippen LogP contribution in [0.3, 0.4) is 0 Å². The quantitative estimate of drug-likeness (QED) is 0.286. The van der Waals surface area contributed by atoms with Gasteiger partial charge in [0, 0.05) is 50.2 Å². The molecule has 5 heterocycles. The van der Waals surface area contributed by atoms with Crippen molar-refractivity contribution in [1.82, 2.24) is 30.0 Å². The van der Waals surface area contributed by atoms with E-state index in [0.717, 1.165) is 22.2 Å². The molecule has 1 saturated heterocycles. The normalized spacial score (nSPS) is 13.6. The zero-order chi connectivity index (χ0) is 24.6. The number of aromatic nitrogens is 6. The van der Waals surface area contributed by atoms with Crippen LogP contribution in [0.25, 0.3) is 34.1 Å². The summed E-state index contributed by atoms with van der Waals surface area (Å²) in [5.41, 5.74) is 3.15. The Balaban J connectivity index is 1.36. The number of ether oxygens (including phenoxy) is 1. The van der Waals surface area contributed by atoms with Crippen LogP contribution < -0.4 is 9.47 Å². The summed E-state index contributed by atoms with van der Waals surface area (Å²) in [6, 6.07) is 12.4. The molecule has 0 unspecified atom stereocenters. The van der Waals surface area contributed by atoms with Crippen molar-refractivity contribution in [2.45, 2.75) is 26.3 Å². The number of likely N-dealkylation sites (tertiary alicyclic amines) is 1. The van der Waals surface area contributed by atoms with E-state index in [1.54, 1.807) is 49.5 Å². The van der Waals surface area contributed by atoms with Gasteiger partial charge in [0.1, 0.15) is 17.2 Å². The number of rotatable bonds is 6. The minimum atomic E-state index is 0.115. The van der Waals surface area contributed by atoms with E-state index < -0.39 is 0 Å². The van der Waals surface area contributed by atoms with Crippen molar-refractivity contribution in [3.63, 3.8) is 0 Å². The van der Waals surface area contributed by atoms with Crippen LogP contribution in [0, 0.1) is 12.1 Å². The number of aryl methyl sites for hydroxylation is 1. The lowest BCUT2D eigenvalue weighted by atomic mass is 10.1. The molecule has 1 aliphatic rings. The number of aromatic amines is 1. The molecular formula is C25H21N7O4. The minimum absolute atomic E-state index is 0.115. The molecule has 180 valence electrons. The van der Waals surface area contributed by atoms with Gasteiger partial charge in [-0.3, -0.25) is 4.79 Å². The predicted molar refractivity (Wildman–Crippen MR) is 127 cm³/mol. The first-order valence-corrected chi connectivity index (χ1v) is 11.5. The van der Waals surface area contributed by atoms with Gasteiger partial charge < -0.3 is 24.4 Å². The number of hydrogen-bond acceptors (Lipinski definition) is 8. The number of imidazole rings is 1. The van der Waals surface area contributed by atoms with E-state index in [1.165, 1.54) is 6.20 Å². The van der Waals surface area contributed by atoms with Gasteiger partial charge in [0.15, 0.2) is 6.20 Å². The average Bonchev–Trinajstić information content (AvgIpc) is 3.60. The van der Waals surface area contributed by atoms with Gasteiger partial charge in [-0.15, -0.1) is 0 Å². The summed E-state index contributed by atoms with van der Waals surface area (Å²) in [5, 5.41) is 16.1. The van der Waals surface area contributed by atoms with Crippen molar-refractivity contribution >= 4 is 16.9 Å². The second-order valence-corrected chi connectivity index (χ2v) is 8.51. The highest BCUT2D eigenvalue weighted by molar-refractivity contribution is 5.82. The Kier molecular flexibility index (Phi) is 5.29. The lowest BCUT2D eigenvalue weighted by Crippen LogP contribution is -2.28. The third kappa shape index (κ3) is 4.11. The molecule has 11 nitrogen and oxygen atoms in total. The van der Waals surface area contributed by atoms with Crippen molar-refractivity contribution in [2.24, 2.45) is 0 Å². The zero-order valence-corrected chi connectivity index (χ0v) is 19.3. The number of nitrogens with one attached hydrogen (secondary N) is 1. The van der Waals surface area contributed by atoms with Crippen molar-refractivity contribution in [3.8, 4) is 34.5 Å². The summed E-state index contributed by atoms with van der Waals surface area (Å²) in [7, 11) is 0. The maximum Gasteiger partial charge on any atom is 0.259 e. The zero-order valence-electron chi connectivity index (χ0n) is 19.3. The highest BCUT2D eigenvalue weighted by Crippen LogP contribution is 2.32. The highest BCUT2D eigenvalue weighted by Gasteiger charge is 2.23. The van der Waals surface area contributed by atoms with Crippen LogP contribution in [-0.4, -0.2) is 42.4 Å². The maximum atomic E-state index is 12.3. The van der Waals surface area contributed by atoms with Gasteiger partial charge in [-0.1, -0.05) is 5.16 Å². The number of hydrogen-bond donors (Lipinski definition) is 1. The van der Waals surface area contributed by atoms with Crippen molar-refractivity contribution in [2.75, 3.05) is 6.54 Å². The molecule has 1 N–H and O–H groups in total. The number of fused-ring (bicyclic) bond motifs is 1. The van der Waals surface area contributed by atoms with Gasteiger partial charge in [0.2, 0.25) is 23.4 Å². The molecule has 1 fully saturated rings. The number of nitrogens with zero attached hydrogens (tertiary/aromatic N) is 6. The van der Waals surface area contributed by atoms with Crippen LogP contribution in [0.2, 0.25) is 0 Å². The Morgan fingerprint density at radius 2 is 2.14 bits per heavy atom. The van der Waals surface area contributed by atoms with Gasteiger partial charge in [0.05, 0.1) is 17.2 Å². The van der Waals surface area contributed by atoms with Crippen LogP contribution in [0.15, 0.2) is 59.4 Å². The van der Waals surface area contributed by atoms with Gasteiger partial charge >= 0.3 is 0 Å². The number of benzene rings is 1. The molecule has 0 radical (unpaired) electrons. The lowest BCUT2D eigenvalue weighted by molar-refractivity contribution is -0.594. The first-order valence-electron chi connectivity index (χ1n) is 11.5. The van der Waals surface area contributed by atoms with Crippen molar-refractivity contribution in [1.29, 1.82) is 0 Å². The van der Waals surface area contributed by atoms with Crippen LogP contribution in [0.1, 0.15) is 24.3 Å². The topological polar surface area (TPSA) is 137 Å². The number of carbonyl (C=O) groups is 1. The largest absolute Gasteiger partial charge is 0.618 e. The molecule has 0 spiro atoms. The molecule has 6 rings (SSSR count). The van der Waals surface area contributed by atoms with Crippen molar-refractivity contribution in [3.05, 3.63) is 71.5 Å². The number of pyridine rings is 2. The highest BCUT2D eigenvalue weighted by atomic mass is 16.5. The molecule has 0 bridgehead atoms. The molecule has 1 aliphatic heterocycles. The van der Waals surface area contributed by atoms with Crippen LogP contribution in [0.5, 0.6) is 11.5 Å². The SMILES string of the molecule is Cc1nc(-c2ccc(Oc3cc4nc(-c5cccc[n+]5[O-])[nH]c4cc3CN3CCCC3=O)cn2)no1. The fourth-order valence-corrected chi connectivity index (χ4v) is 4.21. The van der Waals surface area contributed by atoms with E-state index in [0.29, 0.717) is 65.5 Å². The second-order valence-electron chi connectivity index (χ2n) is 8.51. The molecule has 1 aromatic carbocycles. The third-order valence-corrected chi connectivity index (χ3v) is 5.98. The van der Waals surface area contributed by atoms with Crippen LogP contribution in [0.4, 0.5) is 0 Å². The van der Waals surface area contributed by atoms with E-state index in [-0.39, 0.29) is 5.91 Å². The molecule has 11 heteroatoms. The summed E-state index contributed by atoms with van der Waals surface area (Å²) in [6.45, 7) is 2.82. The predicted octanol–water partition coefficient (Wildman–Crippen LogP) is 3.53. The Bertz CT molecular complexity index is 1580. The van der Waals surface area contributed by atoms with Crippen molar-refractivity contribution < 1.29 is 18.8 Å². The molecule has 1 amide bonds. The number of H-pyrrole nitrogens is 1. The first-order chi connectivity index (χ1) is 17.5. The molecule has 4 aromatic heterocycles. The maximum absolute atomic E-state index is 12.3. The average molecular weight is 483 g/mol. The fraction of sp³-hybridized carbons (Fsp3) is 0.200. The van der Waals surface area contributed by atoms with E-state index >= 15 is 0 Å². The Morgan fingerprint density at radius 1 is 1.22 bits per heavy atom. The van der Waals surface area contributed by atoms with E-state index in [2.05, 4.69) is 25.1 Å². The number of amides is 1.